The van der Waals surface area contributed by atoms with Gasteiger partial charge in [0.2, 0.25) is 5.91 Å². The number of benzene rings is 2. The quantitative estimate of drug-likeness (QED) is 0.923. The Kier molecular flexibility index (Phi) is 4.51. The first-order chi connectivity index (χ1) is 11.1. The summed E-state index contributed by atoms with van der Waals surface area (Å²) in [6.45, 7) is 0.769. The van der Waals surface area contributed by atoms with Crippen LogP contribution in [0, 0.1) is 0 Å². The number of hydrogen-bond donors (Lipinski definition) is 1. The lowest BCUT2D eigenvalue weighted by atomic mass is 10.1. The summed E-state index contributed by atoms with van der Waals surface area (Å²) in [7, 11) is 3.55. The number of nitrogens with zero attached hydrogens (tertiary/aromatic N) is 1. The number of carbonyl (C=O) groups is 1. The molecule has 2 aromatic carbocycles. The Morgan fingerprint density at radius 3 is 2.61 bits per heavy atom. The third-order valence-corrected chi connectivity index (χ3v) is 4.06. The number of hydrogen-bond acceptors (Lipinski definition) is 3. The lowest BCUT2D eigenvalue weighted by Gasteiger charge is -2.14. The van der Waals surface area contributed by atoms with E-state index in [9.17, 15) is 4.79 Å². The summed E-state index contributed by atoms with van der Waals surface area (Å²) in [5, 5.41) is 3.40. The van der Waals surface area contributed by atoms with Crippen molar-refractivity contribution in [3.8, 4) is 5.75 Å². The standard InChI is InChI=1S/C19H22N2O2/c1-21(2)19(22)11-14-7-9-16(10-8-14)20-13-17-12-15-5-3-4-6-18(15)23-17/h3-10,17,20H,11-13H2,1-2H3/t17-/m0/s1. The molecule has 0 aliphatic carbocycles. The van der Waals surface area contributed by atoms with E-state index in [1.54, 1.807) is 19.0 Å². The minimum absolute atomic E-state index is 0.114. The Hall–Kier alpha value is -2.49. The summed E-state index contributed by atoms with van der Waals surface area (Å²) in [6, 6.07) is 16.2. The molecule has 3 rings (SSSR count). The molecule has 0 spiro atoms. The van der Waals surface area contributed by atoms with E-state index in [-0.39, 0.29) is 12.0 Å². The maximum Gasteiger partial charge on any atom is 0.226 e. The Bertz CT molecular complexity index is 655. The van der Waals surface area contributed by atoms with Gasteiger partial charge in [0.1, 0.15) is 11.9 Å². The van der Waals surface area contributed by atoms with E-state index in [1.165, 1.54) is 5.56 Å². The lowest BCUT2D eigenvalue weighted by molar-refractivity contribution is -0.127. The fourth-order valence-electron chi connectivity index (χ4n) is 2.67. The van der Waals surface area contributed by atoms with Crippen LogP contribution in [0.1, 0.15) is 11.1 Å². The van der Waals surface area contributed by atoms with Gasteiger partial charge in [0.05, 0.1) is 13.0 Å². The molecule has 4 heteroatoms. The van der Waals surface area contributed by atoms with Crippen molar-refractivity contribution in [3.05, 3.63) is 59.7 Å². The van der Waals surface area contributed by atoms with Crippen LogP contribution in [-0.2, 0) is 17.6 Å². The van der Waals surface area contributed by atoms with E-state index in [1.807, 2.05) is 42.5 Å². The molecule has 1 N–H and O–H groups in total. The number of anilines is 1. The molecule has 1 aliphatic heterocycles. The molecule has 0 radical (unpaired) electrons. The van der Waals surface area contributed by atoms with Crippen LogP contribution < -0.4 is 10.1 Å². The number of nitrogens with one attached hydrogen (secondary N) is 1. The van der Waals surface area contributed by atoms with Gasteiger partial charge in [-0.25, -0.2) is 0 Å². The molecule has 0 fully saturated rings. The van der Waals surface area contributed by atoms with Gasteiger partial charge >= 0.3 is 0 Å². The van der Waals surface area contributed by atoms with E-state index < -0.39 is 0 Å². The number of ether oxygens (including phenoxy) is 1. The smallest absolute Gasteiger partial charge is 0.226 e. The van der Waals surface area contributed by atoms with Gasteiger partial charge in [0.15, 0.2) is 0 Å². The highest BCUT2D eigenvalue weighted by Crippen LogP contribution is 2.28. The second kappa shape index (κ2) is 6.73. The van der Waals surface area contributed by atoms with Crippen molar-refractivity contribution >= 4 is 11.6 Å². The lowest BCUT2D eigenvalue weighted by Crippen LogP contribution is -2.24. The van der Waals surface area contributed by atoms with Crippen LogP contribution in [0.15, 0.2) is 48.5 Å². The molecule has 1 atom stereocenters. The molecule has 1 amide bonds. The first-order valence-corrected chi connectivity index (χ1v) is 7.89. The Morgan fingerprint density at radius 2 is 1.91 bits per heavy atom. The first-order valence-electron chi connectivity index (χ1n) is 7.89. The molecule has 4 nitrogen and oxygen atoms in total. The molecule has 0 bridgehead atoms. The summed E-state index contributed by atoms with van der Waals surface area (Å²) >= 11 is 0. The third kappa shape index (κ3) is 3.83. The molecule has 1 heterocycles. The zero-order valence-corrected chi connectivity index (χ0v) is 13.6. The van der Waals surface area contributed by atoms with Crippen LogP contribution in [0.3, 0.4) is 0 Å². The second-order valence-electron chi connectivity index (χ2n) is 6.09. The number of rotatable bonds is 5. The topological polar surface area (TPSA) is 41.6 Å². The summed E-state index contributed by atoms with van der Waals surface area (Å²) in [5.41, 5.74) is 3.35. The molecule has 2 aromatic rings. The van der Waals surface area contributed by atoms with Crippen LogP contribution in [0.2, 0.25) is 0 Å². The highest BCUT2D eigenvalue weighted by molar-refractivity contribution is 5.78. The minimum atomic E-state index is 0.114. The first kappa shape index (κ1) is 15.4. The van der Waals surface area contributed by atoms with Gasteiger partial charge in [-0.3, -0.25) is 4.79 Å². The van der Waals surface area contributed by atoms with Crippen molar-refractivity contribution in [2.24, 2.45) is 0 Å². The molecule has 23 heavy (non-hydrogen) atoms. The molecular weight excluding hydrogens is 288 g/mol. The van der Waals surface area contributed by atoms with E-state index in [4.69, 9.17) is 4.74 Å². The van der Waals surface area contributed by atoms with Crippen LogP contribution in [-0.4, -0.2) is 37.6 Å². The number of para-hydroxylation sites is 1. The van der Waals surface area contributed by atoms with Crippen LogP contribution in [0.4, 0.5) is 5.69 Å². The van der Waals surface area contributed by atoms with Gasteiger partial charge in [0, 0.05) is 26.2 Å². The number of fused-ring (bicyclic) bond motifs is 1. The highest BCUT2D eigenvalue weighted by atomic mass is 16.5. The van der Waals surface area contributed by atoms with Crippen molar-refractivity contribution in [2.45, 2.75) is 18.9 Å². The number of likely N-dealkylation sites (N-methyl/N-ethyl adjacent to an activating group) is 1. The van der Waals surface area contributed by atoms with E-state index in [0.29, 0.717) is 6.42 Å². The molecule has 0 aromatic heterocycles. The fourth-order valence-corrected chi connectivity index (χ4v) is 2.67. The zero-order chi connectivity index (χ0) is 16.2. The average Bonchev–Trinajstić information content (AvgIpc) is 2.97. The Labute approximate surface area is 137 Å². The van der Waals surface area contributed by atoms with E-state index in [2.05, 4.69) is 11.4 Å². The maximum absolute atomic E-state index is 11.7. The minimum Gasteiger partial charge on any atom is -0.488 e. The number of carbonyl (C=O) groups excluding carboxylic acids is 1. The molecule has 0 saturated carbocycles. The second-order valence-corrected chi connectivity index (χ2v) is 6.09. The third-order valence-electron chi connectivity index (χ3n) is 4.06. The largest absolute Gasteiger partial charge is 0.488 e. The van der Waals surface area contributed by atoms with Gasteiger partial charge < -0.3 is 15.0 Å². The summed E-state index contributed by atoms with van der Waals surface area (Å²) in [6.07, 6.45) is 1.55. The van der Waals surface area contributed by atoms with Gasteiger partial charge in [-0.2, -0.15) is 0 Å². The van der Waals surface area contributed by atoms with Gasteiger partial charge in [-0.15, -0.1) is 0 Å². The molecular formula is C19H22N2O2. The maximum atomic E-state index is 11.7. The normalized spacial score (nSPS) is 15.7. The zero-order valence-electron chi connectivity index (χ0n) is 13.6. The van der Waals surface area contributed by atoms with Crippen LogP contribution in [0.25, 0.3) is 0 Å². The van der Waals surface area contributed by atoms with Gasteiger partial charge in [0.25, 0.3) is 0 Å². The Morgan fingerprint density at radius 1 is 1.17 bits per heavy atom. The summed E-state index contributed by atoms with van der Waals surface area (Å²) in [5.74, 6) is 1.11. The summed E-state index contributed by atoms with van der Waals surface area (Å²) < 4.78 is 5.92. The molecule has 1 aliphatic rings. The van der Waals surface area contributed by atoms with Gasteiger partial charge in [-0.1, -0.05) is 30.3 Å². The number of amides is 1. The van der Waals surface area contributed by atoms with Crippen molar-refractivity contribution in [3.63, 3.8) is 0 Å². The van der Waals surface area contributed by atoms with Crippen LogP contribution in [0.5, 0.6) is 5.75 Å². The Balaban J connectivity index is 1.51. The van der Waals surface area contributed by atoms with E-state index >= 15 is 0 Å². The SMILES string of the molecule is CN(C)C(=O)Cc1ccc(NC[C@@H]2Cc3ccccc3O2)cc1. The monoisotopic (exact) mass is 310 g/mol. The highest BCUT2D eigenvalue weighted by Gasteiger charge is 2.21. The van der Waals surface area contributed by atoms with Crippen molar-refractivity contribution in [1.82, 2.24) is 4.90 Å². The summed E-state index contributed by atoms with van der Waals surface area (Å²) in [4.78, 5) is 13.3. The van der Waals surface area contributed by atoms with Crippen LogP contribution >= 0.6 is 0 Å². The molecule has 0 unspecified atom stereocenters. The van der Waals surface area contributed by atoms with Crippen molar-refractivity contribution < 1.29 is 9.53 Å². The van der Waals surface area contributed by atoms with Crippen molar-refractivity contribution in [2.75, 3.05) is 26.0 Å². The predicted molar refractivity (Wildman–Crippen MR) is 91.9 cm³/mol. The average molecular weight is 310 g/mol. The van der Waals surface area contributed by atoms with Crippen molar-refractivity contribution in [1.29, 1.82) is 0 Å². The molecule has 0 saturated heterocycles. The van der Waals surface area contributed by atoms with Gasteiger partial charge in [-0.05, 0) is 29.3 Å². The predicted octanol–water partition coefficient (Wildman–Crippen LogP) is 2.73. The molecule has 120 valence electrons. The fraction of sp³-hybridized carbons (Fsp3) is 0.316. The van der Waals surface area contributed by atoms with E-state index in [0.717, 1.165) is 30.0 Å².